The normalized spacial score (nSPS) is 14.5. The molecular weight excluding hydrogens is 396 g/mol. The Morgan fingerprint density at radius 2 is 1.84 bits per heavy atom. The molecule has 0 aliphatic carbocycles. The molecule has 0 unspecified atom stereocenters. The predicted molar refractivity (Wildman–Crippen MR) is 115 cm³/mol. The summed E-state index contributed by atoms with van der Waals surface area (Å²) in [6.45, 7) is 5.40. The maximum absolute atomic E-state index is 12.5. The minimum atomic E-state index is 0.000684. The van der Waals surface area contributed by atoms with E-state index < -0.39 is 0 Å². The number of hydrogen-bond donors (Lipinski definition) is 0. The number of hydrogen-bond acceptors (Lipinski definition) is 7. The van der Waals surface area contributed by atoms with Gasteiger partial charge in [0.2, 0.25) is 11.7 Å². The maximum atomic E-state index is 12.5. The van der Waals surface area contributed by atoms with Crippen LogP contribution in [-0.4, -0.2) is 65.7 Å². The summed E-state index contributed by atoms with van der Waals surface area (Å²) < 4.78 is 16.2. The number of rotatable bonds is 7. The van der Waals surface area contributed by atoms with Crippen molar-refractivity contribution in [1.29, 1.82) is 0 Å². The summed E-state index contributed by atoms with van der Waals surface area (Å²) in [5, 5.41) is 4.08. The summed E-state index contributed by atoms with van der Waals surface area (Å²) in [6.07, 6.45) is 0. The molecule has 0 radical (unpaired) electrons. The molecule has 1 aliphatic rings. The SMILES string of the molecule is COc1ccc(-c2noc(CN3CCN(C(=O)COc4cccc(C)c4)CC3)n2)cc1. The lowest BCUT2D eigenvalue weighted by Gasteiger charge is -2.33. The van der Waals surface area contributed by atoms with Crippen LogP contribution in [0, 0.1) is 6.92 Å². The molecule has 2 heterocycles. The molecule has 1 amide bonds. The first kappa shape index (κ1) is 20.9. The van der Waals surface area contributed by atoms with E-state index in [0.29, 0.717) is 31.3 Å². The number of aromatic nitrogens is 2. The van der Waals surface area contributed by atoms with Gasteiger partial charge in [-0.1, -0.05) is 17.3 Å². The molecule has 162 valence electrons. The zero-order valence-corrected chi connectivity index (χ0v) is 17.8. The van der Waals surface area contributed by atoms with Crippen LogP contribution in [0.1, 0.15) is 11.5 Å². The van der Waals surface area contributed by atoms with Crippen molar-refractivity contribution in [2.24, 2.45) is 0 Å². The molecule has 1 aromatic heterocycles. The lowest BCUT2D eigenvalue weighted by molar-refractivity contribution is -0.135. The molecule has 1 fully saturated rings. The molecule has 3 aromatic rings. The first-order valence-corrected chi connectivity index (χ1v) is 10.3. The molecule has 8 heteroatoms. The lowest BCUT2D eigenvalue weighted by atomic mass is 10.2. The molecule has 2 aromatic carbocycles. The van der Waals surface area contributed by atoms with Gasteiger partial charge in [0.25, 0.3) is 5.91 Å². The van der Waals surface area contributed by atoms with Crippen LogP contribution < -0.4 is 9.47 Å². The molecule has 0 bridgehead atoms. The molecule has 0 N–H and O–H groups in total. The smallest absolute Gasteiger partial charge is 0.260 e. The van der Waals surface area contributed by atoms with Crippen LogP contribution >= 0.6 is 0 Å². The third kappa shape index (κ3) is 5.40. The largest absolute Gasteiger partial charge is 0.497 e. The Kier molecular flexibility index (Phi) is 6.47. The predicted octanol–water partition coefficient (Wildman–Crippen LogP) is 2.78. The standard InChI is InChI=1S/C23H26N4O4/c1-17-4-3-5-20(14-17)30-16-22(28)27-12-10-26(11-13-27)15-21-24-23(25-31-21)18-6-8-19(29-2)9-7-18/h3-9,14H,10-13,15-16H2,1-2H3. The summed E-state index contributed by atoms with van der Waals surface area (Å²) in [4.78, 5) is 21.0. The van der Waals surface area contributed by atoms with Crippen molar-refractivity contribution in [3.05, 3.63) is 60.0 Å². The fourth-order valence-electron chi connectivity index (χ4n) is 3.46. The summed E-state index contributed by atoms with van der Waals surface area (Å²) >= 11 is 0. The third-order valence-electron chi connectivity index (χ3n) is 5.25. The second kappa shape index (κ2) is 9.61. The van der Waals surface area contributed by atoms with Gasteiger partial charge in [-0.15, -0.1) is 0 Å². The Morgan fingerprint density at radius 3 is 2.55 bits per heavy atom. The highest BCUT2D eigenvalue weighted by Crippen LogP contribution is 2.20. The molecular formula is C23H26N4O4. The fraction of sp³-hybridized carbons (Fsp3) is 0.348. The number of ether oxygens (including phenoxy) is 2. The van der Waals surface area contributed by atoms with E-state index in [2.05, 4.69) is 15.0 Å². The van der Waals surface area contributed by atoms with Crippen molar-refractivity contribution in [2.75, 3.05) is 39.9 Å². The summed E-state index contributed by atoms with van der Waals surface area (Å²) in [5.74, 6) is 2.62. The van der Waals surface area contributed by atoms with Crippen LogP contribution in [0.5, 0.6) is 11.5 Å². The molecule has 1 aliphatic heterocycles. The fourth-order valence-corrected chi connectivity index (χ4v) is 3.46. The van der Waals surface area contributed by atoms with E-state index in [0.717, 1.165) is 35.7 Å². The van der Waals surface area contributed by atoms with Gasteiger partial charge in [0.15, 0.2) is 6.61 Å². The quantitative estimate of drug-likeness (QED) is 0.579. The maximum Gasteiger partial charge on any atom is 0.260 e. The summed E-state index contributed by atoms with van der Waals surface area (Å²) in [5.41, 5.74) is 1.98. The Balaban J connectivity index is 1.24. The number of piperazine rings is 1. The molecule has 31 heavy (non-hydrogen) atoms. The molecule has 4 rings (SSSR count). The lowest BCUT2D eigenvalue weighted by Crippen LogP contribution is -2.49. The van der Waals surface area contributed by atoms with Gasteiger partial charge in [-0.2, -0.15) is 4.98 Å². The van der Waals surface area contributed by atoms with Crippen molar-refractivity contribution >= 4 is 5.91 Å². The summed E-state index contributed by atoms with van der Waals surface area (Å²) in [7, 11) is 1.63. The first-order chi connectivity index (χ1) is 15.1. The number of amides is 1. The Hall–Kier alpha value is -3.39. The van der Waals surface area contributed by atoms with Gasteiger partial charge in [-0.3, -0.25) is 9.69 Å². The van der Waals surface area contributed by atoms with Gasteiger partial charge < -0.3 is 18.9 Å². The van der Waals surface area contributed by atoms with Crippen molar-refractivity contribution in [1.82, 2.24) is 19.9 Å². The number of nitrogens with zero attached hydrogens (tertiary/aromatic N) is 4. The first-order valence-electron chi connectivity index (χ1n) is 10.3. The van der Waals surface area contributed by atoms with Gasteiger partial charge >= 0.3 is 0 Å². The van der Waals surface area contributed by atoms with Crippen LogP contribution in [-0.2, 0) is 11.3 Å². The molecule has 0 atom stereocenters. The monoisotopic (exact) mass is 422 g/mol. The van der Waals surface area contributed by atoms with E-state index in [9.17, 15) is 4.79 Å². The zero-order chi connectivity index (χ0) is 21.6. The zero-order valence-electron chi connectivity index (χ0n) is 17.8. The second-order valence-corrected chi connectivity index (χ2v) is 7.50. The average molecular weight is 422 g/mol. The van der Waals surface area contributed by atoms with Crippen molar-refractivity contribution in [2.45, 2.75) is 13.5 Å². The van der Waals surface area contributed by atoms with Gasteiger partial charge in [0.1, 0.15) is 11.5 Å². The topological polar surface area (TPSA) is 80.9 Å². The Morgan fingerprint density at radius 1 is 1.06 bits per heavy atom. The van der Waals surface area contributed by atoms with Crippen LogP contribution in [0.2, 0.25) is 0 Å². The number of carbonyl (C=O) groups is 1. The average Bonchev–Trinajstić information content (AvgIpc) is 3.26. The van der Waals surface area contributed by atoms with Crippen molar-refractivity contribution < 1.29 is 18.8 Å². The Labute approximate surface area is 181 Å². The van der Waals surface area contributed by atoms with Crippen LogP contribution in [0.3, 0.4) is 0 Å². The van der Waals surface area contributed by atoms with E-state index in [1.54, 1.807) is 7.11 Å². The van der Waals surface area contributed by atoms with Crippen molar-refractivity contribution in [3.8, 4) is 22.9 Å². The van der Waals surface area contributed by atoms with Crippen molar-refractivity contribution in [3.63, 3.8) is 0 Å². The second-order valence-electron chi connectivity index (χ2n) is 7.50. The van der Waals surface area contributed by atoms with Gasteiger partial charge in [-0.25, -0.2) is 0 Å². The van der Waals surface area contributed by atoms with Gasteiger partial charge in [0, 0.05) is 31.7 Å². The van der Waals surface area contributed by atoms with E-state index >= 15 is 0 Å². The Bertz CT molecular complexity index is 1010. The van der Waals surface area contributed by atoms with Gasteiger partial charge in [0.05, 0.1) is 13.7 Å². The van der Waals surface area contributed by atoms with Crippen LogP contribution in [0.15, 0.2) is 53.1 Å². The summed E-state index contributed by atoms with van der Waals surface area (Å²) in [6, 6.07) is 15.2. The number of carbonyl (C=O) groups excluding carboxylic acids is 1. The van der Waals surface area contributed by atoms with Crippen LogP contribution in [0.25, 0.3) is 11.4 Å². The van der Waals surface area contributed by atoms with E-state index in [4.69, 9.17) is 14.0 Å². The third-order valence-corrected chi connectivity index (χ3v) is 5.25. The van der Waals surface area contributed by atoms with Crippen LogP contribution in [0.4, 0.5) is 0 Å². The number of methoxy groups -OCH3 is 1. The van der Waals surface area contributed by atoms with E-state index in [-0.39, 0.29) is 12.5 Å². The highest BCUT2D eigenvalue weighted by Gasteiger charge is 2.23. The highest BCUT2D eigenvalue weighted by molar-refractivity contribution is 5.77. The highest BCUT2D eigenvalue weighted by atomic mass is 16.5. The number of benzene rings is 2. The van der Waals surface area contributed by atoms with Gasteiger partial charge in [-0.05, 0) is 48.9 Å². The van der Waals surface area contributed by atoms with E-state index in [1.807, 2.05) is 60.4 Å². The molecule has 1 saturated heterocycles. The molecule has 8 nitrogen and oxygen atoms in total. The minimum Gasteiger partial charge on any atom is -0.497 e. The molecule has 0 saturated carbocycles. The minimum absolute atomic E-state index is 0.000684. The number of aryl methyl sites for hydroxylation is 1. The molecule has 0 spiro atoms. The van der Waals surface area contributed by atoms with E-state index in [1.165, 1.54) is 0 Å².